The number of urea groups is 1. The first-order valence-corrected chi connectivity index (χ1v) is 10.5. The lowest BCUT2D eigenvalue weighted by Gasteiger charge is -2.61. The number of hydrogen-bond acceptors (Lipinski definition) is 4. The van der Waals surface area contributed by atoms with Crippen molar-refractivity contribution in [2.24, 2.45) is 12.5 Å². The zero-order valence-corrected chi connectivity index (χ0v) is 17.5. The molecule has 2 aromatic heterocycles. The smallest absolute Gasteiger partial charge is 0.324 e. The molecule has 2 amide bonds. The largest absolute Gasteiger partial charge is 0.489 e. The first kappa shape index (κ1) is 17.9. The Hall–Kier alpha value is -2.93. The summed E-state index contributed by atoms with van der Waals surface area (Å²) in [5, 5.41) is 0.614. The molecule has 0 atom stereocenters. The number of ether oxygens (including phenoxy) is 1. The van der Waals surface area contributed by atoms with Gasteiger partial charge in [0.1, 0.15) is 12.4 Å². The molecule has 5 heterocycles. The molecule has 0 aliphatic carbocycles. The topological polar surface area (TPSA) is 53.8 Å². The van der Waals surface area contributed by atoms with Gasteiger partial charge >= 0.3 is 6.03 Å². The van der Waals surface area contributed by atoms with Crippen LogP contribution in [0.4, 0.5) is 16.2 Å². The van der Waals surface area contributed by atoms with E-state index in [2.05, 4.69) is 20.5 Å². The van der Waals surface area contributed by atoms with Crippen LogP contribution in [0.25, 0.3) is 11.0 Å². The van der Waals surface area contributed by atoms with Gasteiger partial charge in [-0.1, -0.05) is 11.6 Å². The Balaban J connectivity index is 1.12. The number of halogens is 1. The van der Waals surface area contributed by atoms with Crippen LogP contribution in [0.1, 0.15) is 0 Å². The van der Waals surface area contributed by atoms with Crippen molar-refractivity contribution in [1.29, 1.82) is 0 Å². The van der Waals surface area contributed by atoms with Crippen LogP contribution in [0.5, 0.6) is 5.75 Å². The van der Waals surface area contributed by atoms with Crippen molar-refractivity contribution in [2.75, 3.05) is 49.1 Å². The molecule has 0 saturated carbocycles. The van der Waals surface area contributed by atoms with E-state index in [-0.39, 0.29) is 11.4 Å². The molecule has 0 bridgehead atoms. The Morgan fingerprint density at radius 1 is 1.17 bits per heavy atom. The lowest BCUT2D eigenvalue weighted by molar-refractivity contribution is 0.00967. The van der Waals surface area contributed by atoms with Gasteiger partial charge in [0.15, 0.2) is 0 Å². The summed E-state index contributed by atoms with van der Waals surface area (Å²) in [5.41, 5.74) is 4.31. The number of likely N-dealkylation sites (tertiary alicyclic amines) is 1. The monoisotopic (exact) mass is 423 g/mol. The summed E-state index contributed by atoms with van der Waals surface area (Å²) in [6.45, 7) is 4.56. The van der Waals surface area contributed by atoms with Gasteiger partial charge in [0.2, 0.25) is 0 Å². The van der Waals surface area contributed by atoms with Crippen molar-refractivity contribution in [3.05, 3.63) is 47.7 Å². The van der Waals surface area contributed by atoms with Gasteiger partial charge in [-0.05, 0) is 24.3 Å². The lowest BCUT2D eigenvalue weighted by Crippen LogP contribution is -2.74. The highest BCUT2D eigenvalue weighted by atomic mass is 35.5. The number of amides is 2. The van der Waals surface area contributed by atoms with E-state index >= 15 is 0 Å². The Morgan fingerprint density at radius 2 is 2.00 bits per heavy atom. The Kier molecular flexibility index (Phi) is 3.75. The van der Waals surface area contributed by atoms with E-state index in [4.69, 9.17) is 16.3 Å². The minimum atomic E-state index is 0.0536. The maximum atomic E-state index is 13.1. The fourth-order valence-corrected chi connectivity index (χ4v) is 5.07. The van der Waals surface area contributed by atoms with Gasteiger partial charge in [0.25, 0.3) is 0 Å². The quantitative estimate of drug-likeness (QED) is 0.602. The van der Waals surface area contributed by atoms with Gasteiger partial charge in [-0.3, -0.25) is 9.88 Å². The number of benzene rings is 1. The van der Waals surface area contributed by atoms with Crippen molar-refractivity contribution in [3.8, 4) is 5.75 Å². The molecule has 3 aliphatic rings. The highest BCUT2D eigenvalue weighted by molar-refractivity contribution is 6.30. The Morgan fingerprint density at radius 3 is 2.83 bits per heavy atom. The number of carbonyl (C=O) groups excluding carboxylic acids is 1. The van der Waals surface area contributed by atoms with E-state index in [0.29, 0.717) is 23.9 Å². The second-order valence-electron chi connectivity index (χ2n) is 8.63. The average Bonchev–Trinajstić information content (AvgIpc) is 3.05. The number of aryl methyl sites for hydroxylation is 1. The van der Waals surface area contributed by atoms with Crippen molar-refractivity contribution in [2.45, 2.75) is 0 Å². The Labute approximate surface area is 179 Å². The standard InChI is InChI=1S/C22H22ClN5O2/c1-25-5-4-17-19(25)9-16(10-24-17)26-11-22(12-26)13-27(14-22)21(29)28-6-7-30-20-8-15(23)2-3-18(20)28/h2-5,8-10H,6-7,11-14H2,1H3. The van der Waals surface area contributed by atoms with Crippen LogP contribution in [-0.2, 0) is 7.05 Å². The van der Waals surface area contributed by atoms with Crippen LogP contribution in [0.2, 0.25) is 5.02 Å². The number of aromatic nitrogens is 2. The summed E-state index contributed by atoms with van der Waals surface area (Å²) in [6.07, 6.45) is 3.98. The number of rotatable bonds is 1. The highest BCUT2D eigenvalue weighted by Gasteiger charge is 2.54. The third-order valence-electron chi connectivity index (χ3n) is 6.48. The van der Waals surface area contributed by atoms with Crippen LogP contribution in [0, 0.1) is 5.41 Å². The third kappa shape index (κ3) is 2.65. The zero-order chi connectivity index (χ0) is 20.5. The van der Waals surface area contributed by atoms with Crippen LogP contribution in [0.15, 0.2) is 42.7 Å². The molecule has 3 aromatic rings. The fourth-order valence-electron chi connectivity index (χ4n) is 4.91. The SMILES string of the molecule is Cn1ccc2ncc(N3CC4(CN(C(=O)N5CCOc6cc(Cl)ccc65)C4)C3)cc21. The predicted octanol–water partition coefficient (Wildman–Crippen LogP) is 3.37. The van der Waals surface area contributed by atoms with E-state index < -0.39 is 0 Å². The second kappa shape index (κ2) is 6.28. The minimum absolute atomic E-state index is 0.0536. The van der Waals surface area contributed by atoms with Crippen LogP contribution < -0.4 is 14.5 Å². The summed E-state index contributed by atoms with van der Waals surface area (Å²) in [4.78, 5) is 23.8. The van der Waals surface area contributed by atoms with Gasteiger partial charge in [-0.25, -0.2) is 4.79 Å². The summed E-state index contributed by atoms with van der Waals surface area (Å²) in [5.74, 6) is 0.677. The fraction of sp³-hybridized carbons (Fsp3) is 0.364. The maximum absolute atomic E-state index is 13.1. The number of fused-ring (bicyclic) bond motifs is 2. The van der Waals surface area contributed by atoms with Crippen LogP contribution in [-0.4, -0.2) is 59.8 Å². The van der Waals surface area contributed by atoms with Gasteiger partial charge in [-0.2, -0.15) is 0 Å². The first-order valence-electron chi connectivity index (χ1n) is 10.2. The van der Waals surface area contributed by atoms with Gasteiger partial charge in [-0.15, -0.1) is 0 Å². The van der Waals surface area contributed by atoms with E-state index in [1.807, 2.05) is 41.4 Å². The van der Waals surface area contributed by atoms with Gasteiger partial charge in [0, 0.05) is 55.9 Å². The number of hydrogen-bond donors (Lipinski definition) is 0. The Bertz CT molecular complexity index is 1160. The molecule has 154 valence electrons. The molecule has 0 N–H and O–H groups in total. The molecule has 3 aliphatic heterocycles. The number of anilines is 2. The van der Waals surface area contributed by atoms with Crippen molar-refractivity contribution in [1.82, 2.24) is 14.5 Å². The van der Waals surface area contributed by atoms with Gasteiger partial charge < -0.3 is 19.1 Å². The molecule has 0 unspecified atom stereocenters. The summed E-state index contributed by atoms with van der Waals surface area (Å²) >= 11 is 6.06. The van der Waals surface area contributed by atoms with Crippen molar-refractivity contribution in [3.63, 3.8) is 0 Å². The number of nitrogens with zero attached hydrogens (tertiary/aromatic N) is 5. The molecular formula is C22H22ClN5O2. The van der Waals surface area contributed by atoms with Crippen molar-refractivity contribution < 1.29 is 9.53 Å². The van der Waals surface area contributed by atoms with E-state index in [0.717, 1.165) is 48.6 Å². The zero-order valence-electron chi connectivity index (χ0n) is 16.7. The molecule has 2 saturated heterocycles. The van der Waals surface area contributed by atoms with E-state index in [1.54, 1.807) is 12.1 Å². The normalized spacial score (nSPS) is 19.3. The average molecular weight is 424 g/mol. The van der Waals surface area contributed by atoms with Gasteiger partial charge in [0.05, 0.1) is 35.1 Å². The summed E-state index contributed by atoms with van der Waals surface area (Å²) in [6, 6.07) is 9.72. The number of pyridine rings is 1. The summed E-state index contributed by atoms with van der Waals surface area (Å²) in [7, 11) is 2.04. The second-order valence-corrected chi connectivity index (χ2v) is 9.07. The molecule has 1 spiro atoms. The van der Waals surface area contributed by atoms with Crippen molar-refractivity contribution >= 4 is 40.0 Å². The van der Waals surface area contributed by atoms with Crippen LogP contribution in [0.3, 0.4) is 0 Å². The summed E-state index contributed by atoms with van der Waals surface area (Å²) < 4.78 is 7.77. The molecule has 7 nitrogen and oxygen atoms in total. The molecule has 0 radical (unpaired) electrons. The predicted molar refractivity (Wildman–Crippen MR) is 117 cm³/mol. The molecule has 6 rings (SSSR count). The minimum Gasteiger partial charge on any atom is -0.489 e. The third-order valence-corrected chi connectivity index (χ3v) is 6.71. The molecular weight excluding hydrogens is 402 g/mol. The molecule has 2 fully saturated rings. The lowest BCUT2D eigenvalue weighted by atomic mass is 9.72. The number of carbonyl (C=O) groups is 1. The molecule has 1 aromatic carbocycles. The van der Waals surface area contributed by atoms with E-state index in [9.17, 15) is 4.79 Å². The van der Waals surface area contributed by atoms with Crippen LogP contribution >= 0.6 is 11.6 Å². The first-order chi connectivity index (χ1) is 14.5. The molecule has 8 heteroatoms. The van der Waals surface area contributed by atoms with E-state index in [1.165, 1.54) is 0 Å². The highest BCUT2D eigenvalue weighted by Crippen LogP contribution is 2.43. The molecule has 30 heavy (non-hydrogen) atoms. The maximum Gasteiger partial charge on any atom is 0.324 e.